The number of para-hydroxylation sites is 1. The molecule has 5 rings (SSSR count). The van der Waals surface area contributed by atoms with Gasteiger partial charge in [-0.2, -0.15) is 18.3 Å². The van der Waals surface area contributed by atoms with E-state index in [1.807, 2.05) is 25.9 Å². The zero-order valence-electron chi connectivity index (χ0n) is 22.5. The summed E-state index contributed by atoms with van der Waals surface area (Å²) in [6.07, 6.45) is -2.99. The fraction of sp³-hybridized carbons (Fsp3) is 0.300. The Bertz CT molecular complexity index is 1570. The number of hydrogen-bond donors (Lipinski definition) is 0. The molecule has 0 bridgehead atoms. The minimum absolute atomic E-state index is 0.182. The predicted octanol–water partition coefficient (Wildman–Crippen LogP) is 6.05. The zero-order valence-corrected chi connectivity index (χ0v) is 22.5. The Morgan fingerprint density at radius 2 is 1.62 bits per heavy atom. The van der Waals surface area contributed by atoms with Crippen LogP contribution in [-0.4, -0.2) is 65.2 Å². The maximum atomic E-state index is 13.9. The van der Waals surface area contributed by atoms with Crippen molar-refractivity contribution in [1.82, 2.24) is 19.6 Å². The third kappa shape index (κ3) is 4.95. The quantitative estimate of drug-likeness (QED) is 0.188. The van der Waals surface area contributed by atoms with Crippen LogP contribution in [0.5, 0.6) is 5.75 Å². The molecule has 3 aromatic carbocycles. The minimum atomic E-state index is -4.69. The van der Waals surface area contributed by atoms with Crippen LogP contribution in [0, 0.1) is 0 Å². The van der Waals surface area contributed by atoms with Gasteiger partial charge in [-0.3, -0.25) is 14.5 Å². The largest absolute Gasteiger partial charge is 0.493 e. The molecule has 208 valence electrons. The Morgan fingerprint density at radius 3 is 2.33 bits per heavy atom. The van der Waals surface area contributed by atoms with Crippen LogP contribution in [0.15, 0.2) is 60.7 Å². The Morgan fingerprint density at radius 1 is 0.925 bits per heavy atom. The Hall–Kier alpha value is -4.18. The molecule has 7 nitrogen and oxygen atoms in total. The topological polar surface area (TPSA) is 67.7 Å². The van der Waals surface area contributed by atoms with E-state index in [0.717, 1.165) is 18.9 Å². The number of carbonyl (C=O) groups excluding carboxylic acids is 2. The molecule has 0 aliphatic carbocycles. The average molecular weight is 551 g/mol. The first-order valence-corrected chi connectivity index (χ1v) is 13.1. The van der Waals surface area contributed by atoms with Crippen molar-refractivity contribution >= 4 is 22.6 Å². The van der Waals surface area contributed by atoms with E-state index in [4.69, 9.17) is 4.74 Å². The number of likely N-dealkylation sites (N-methyl/N-ethyl adjacent to an activating group) is 1. The number of carbonyl (C=O) groups is 2. The van der Waals surface area contributed by atoms with Gasteiger partial charge in [-0.1, -0.05) is 37.6 Å². The van der Waals surface area contributed by atoms with Crippen LogP contribution in [-0.2, 0) is 6.18 Å². The summed E-state index contributed by atoms with van der Waals surface area (Å²) in [7, 11) is 3.70. The predicted molar refractivity (Wildman–Crippen MR) is 146 cm³/mol. The summed E-state index contributed by atoms with van der Waals surface area (Å²) < 4.78 is 49.0. The standard InChI is InChI=1S/C30H29F3N4O3/c1-4-5-17-40-25-12-7-6-9-19(25)24-18-26(30(31,32)33)34-37(24)23-14-13-22-27-20(23)10-8-11-21(27)28(38)36(29(22)39)16-15-35(2)3/h6-14,18H,4-5,15-17H2,1-3H3. The minimum Gasteiger partial charge on any atom is -0.493 e. The summed E-state index contributed by atoms with van der Waals surface area (Å²) in [5.74, 6) is -0.433. The highest BCUT2D eigenvalue weighted by Crippen LogP contribution is 2.40. The number of alkyl halides is 3. The highest BCUT2D eigenvalue weighted by Gasteiger charge is 2.37. The molecule has 2 heterocycles. The van der Waals surface area contributed by atoms with Crippen molar-refractivity contribution < 1.29 is 27.5 Å². The van der Waals surface area contributed by atoms with Crippen LogP contribution in [0.1, 0.15) is 46.2 Å². The van der Waals surface area contributed by atoms with E-state index in [1.54, 1.807) is 54.6 Å². The lowest BCUT2D eigenvalue weighted by molar-refractivity contribution is -0.141. The zero-order chi connectivity index (χ0) is 28.6. The van der Waals surface area contributed by atoms with Crippen LogP contribution in [0.4, 0.5) is 13.2 Å². The highest BCUT2D eigenvalue weighted by molar-refractivity contribution is 6.26. The molecule has 0 N–H and O–H groups in total. The number of aromatic nitrogens is 2. The van der Waals surface area contributed by atoms with Gasteiger partial charge < -0.3 is 9.64 Å². The fourth-order valence-corrected chi connectivity index (χ4v) is 4.84. The van der Waals surface area contributed by atoms with Gasteiger partial charge in [-0.15, -0.1) is 0 Å². The summed E-state index contributed by atoms with van der Waals surface area (Å²) in [6, 6.07) is 16.0. The van der Waals surface area contributed by atoms with Gasteiger partial charge in [-0.05, 0) is 56.9 Å². The molecular weight excluding hydrogens is 521 g/mol. The lowest BCUT2D eigenvalue weighted by atomic mass is 9.93. The SMILES string of the molecule is CCCCOc1ccccc1-c1cc(C(F)(F)F)nn1-c1ccc2c3c(cccc13)C(=O)N(CCN(C)C)C2=O. The molecule has 0 spiro atoms. The highest BCUT2D eigenvalue weighted by atomic mass is 19.4. The van der Waals surface area contributed by atoms with Gasteiger partial charge in [0.05, 0.1) is 18.0 Å². The Balaban J connectivity index is 1.70. The Labute approximate surface area is 229 Å². The number of nitrogens with zero attached hydrogens (tertiary/aromatic N) is 4. The molecule has 0 saturated carbocycles. The van der Waals surface area contributed by atoms with E-state index in [1.165, 1.54) is 9.58 Å². The van der Waals surface area contributed by atoms with Crippen LogP contribution in [0.25, 0.3) is 27.7 Å². The molecule has 0 unspecified atom stereocenters. The van der Waals surface area contributed by atoms with Crippen LogP contribution >= 0.6 is 0 Å². The van der Waals surface area contributed by atoms with Gasteiger partial charge in [0.1, 0.15) is 5.75 Å². The number of amides is 2. The molecule has 0 fully saturated rings. The average Bonchev–Trinajstić information content (AvgIpc) is 3.37. The van der Waals surface area contributed by atoms with Crippen molar-refractivity contribution in [2.75, 3.05) is 33.8 Å². The maximum absolute atomic E-state index is 13.9. The van der Waals surface area contributed by atoms with Gasteiger partial charge >= 0.3 is 6.18 Å². The molecular formula is C30H29F3N4O3. The third-order valence-electron chi connectivity index (χ3n) is 6.89. The first-order valence-electron chi connectivity index (χ1n) is 13.1. The van der Waals surface area contributed by atoms with Crippen LogP contribution in [0.3, 0.4) is 0 Å². The van der Waals surface area contributed by atoms with Crippen molar-refractivity contribution in [1.29, 1.82) is 0 Å². The lowest BCUT2D eigenvalue weighted by Crippen LogP contribution is -2.43. The monoisotopic (exact) mass is 550 g/mol. The van der Waals surface area contributed by atoms with E-state index in [-0.39, 0.29) is 12.2 Å². The Kier molecular flexibility index (Phi) is 7.37. The molecule has 40 heavy (non-hydrogen) atoms. The van der Waals surface area contributed by atoms with Crippen LogP contribution < -0.4 is 4.74 Å². The fourth-order valence-electron chi connectivity index (χ4n) is 4.84. The summed E-state index contributed by atoms with van der Waals surface area (Å²) in [5.41, 5.74) is 0.525. The van der Waals surface area contributed by atoms with Crippen molar-refractivity contribution in [2.45, 2.75) is 25.9 Å². The molecule has 0 saturated heterocycles. The molecule has 1 aromatic heterocycles. The first kappa shape index (κ1) is 27.4. The number of hydrogen-bond acceptors (Lipinski definition) is 5. The number of halogens is 3. The number of benzene rings is 3. The van der Waals surface area contributed by atoms with E-state index in [0.29, 0.717) is 52.1 Å². The normalized spacial score (nSPS) is 13.5. The molecule has 2 amide bonds. The summed E-state index contributed by atoms with van der Waals surface area (Å²) in [5, 5.41) is 4.82. The van der Waals surface area contributed by atoms with E-state index in [2.05, 4.69) is 5.10 Å². The molecule has 0 atom stereocenters. The number of rotatable bonds is 9. The smallest absolute Gasteiger partial charge is 0.435 e. The first-order chi connectivity index (χ1) is 19.1. The van der Waals surface area contributed by atoms with Gasteiger partial charge in [-0.25, -0.2) is 4.68 Å². The number of ether oxygens (including phenoxy) is 1. The summed E-state index contributed by atoms with van der Waals surface area (Å²) >= 11 is 0. The molecule has 4 aromatic rings. The maximum Gasteiger partial charge on any atom is 0.435 e. The number of imide groups is 1. The van der Waals surface area contributed by atoms with Gasteiger partial charge in [0.25, 0.3) is 11.8 Å². The van der Waals surface area contributed by atoms with Crippen molar-refractivity contribution in [3.05, 3.63) is 77.5 Å². The lowest BCUT2D eigenvalue weighted by Gasteiger charge is -2.28. The van der Waals surface area contributed by atoms with Crippen molar-refractivity contribution in [3.8, 4) is 22.7 Å². The van der Waals surface area contributed by atoms with E-state index < -0.39 is 23.7 Å². The summed E-state index contributed by atoms with van der Waals surface area (Å²) in [6.45, 7) is 3.16. The van der Waals surface area contributed by atoms with E-state index in [9.17, 15) is 22.8 Å². The van der Waals surface area contributed by atoms with Crippen molar-refractivity contribution in [3.63, 3.8) is 0 Å². The van der Waals surface area contributed by atoms with Crippen LogP contribution in [0.2, 0.25) is 0 Å². The van der Waals surface area contributed by atoms with Gasteiger partial charge in [0.2, 0.25) is 0 Å². The molecule has 10 heteroatoms. The molecule has 1 aliphatic heterocycles. The van der Waals surface area contributed by atoms with Gasteiger partial charge in [0.15, 0.2) is 5.69 Å². The second kappa shape index (κ2) is 10.8. The third-order valence-corrected chi connectivity index (χ3v) is 6.89. The molecule has 0 radical (unpaired) electrons. The second-order valence-corrected chi connectivity index (χ2v) is 9.95. The van der Waals surface area contributed by atoms with Gasteiger partial charge in [0, 0.05) is 40.6 Å². The number of unbranched alkanes of at least 4 members (excludes halogenated alkanes) is 1. The van der Waals surface area contributed by atoms with E-state index >= 15 is 0 Å². The second-order valence-electron chi connectivity index (χ2n) is 9.95. The summed E-state index contributed by atoms with van der Waals surface area (Å²) in [4.78, 5) is 29.8. The molecule has 1 aliphatic rings. The van der Waals surface area contributed by atoms with Crippen molar-refractivity contribution in [2.24, 2.45) is 0 Å².